The van der Waals surface area contributed by atoms with E-state index >= 15 is 0 Å². The highest BCUT2D eigenvalue weighted by atomic mass is 79.9. The molecule has 0 bridgehead atoms. The summed E-state index contributed by atoms with van der Waals surface area (Å²) in [7, 11) is 0. The molecule has 0 fully saturated rings. The number of nitrogens with one attached hydrogen (secondary N) is 1. The van der Waals surface area contributed by atoms with Gasteiger partial charge in [-0.05, 0) is 30.3 Å². The third-order valence-electron chi connectivity index (χ3n) is 3.06. The zero-order valence-electron chi connectivity index (χ0n) is 11.6. The van der Waals surface area contributed by atoms with Crippen LogP contribution in [0.3, 0.4) is 0 Å². The fourth-order valence-corrected chi connectivity index (χ4v) is 3.34. The minimum atomic E-state index is -0.0314. The molecule has 0 spiro atoms. The number of anilines is 1. The lowest BCUT2D eigenvalue weighted by Gasteiger charge is -2.07. The summed E-state index contributed by atoms with van der Waals surface area (Å²) in [6.45, 7) is 0. The number of pyridine rings is 1. The highest BCUT2D eigenvalue weighted by Gasteiger charge is 2.07. The maximum Gasteiger partial charge on any atom is 0.234 e. The molecule has 110 valence electrons. The first-order valence-electron chi connectivity index (χ1n) is 6.74. The van der Waals surface area contributed by atoms with Gasteiger partial charge in [-0.2, -0.15) is 0 Å². The maximum atomic E-state index is 12.1. The Hall–Kier alpha value is -1.85. The van der Waals surface area contributed by atoms with E-state index in [0.717, 1.165) is 26.0 Å². The molecule has 3 aromatic rings. The van der Waals surface area contributed by atoms with E-state index in [2.05, 4.69) is 26.2 Å². The van der Waals surface area contributed by atoms with E-state index in [1.54, 1.807) is 6.20 Å². The van der Waals surface area contributed by atoms with Gasteiger partial charge in [0.05, 0.1) is 11.3 Å². The molecule has 1 aromatic heterocycles. The first-order chi connectivity index (χ1) is 10.7. The smallest absolute Gasteiger partial charge is 0.234 e. The third kappa shape index (κ3) is 3.67. The van der Waals surface area contributed by atoms with Gasteiger partial charge in [-0.1, -0.05) is 40.2 Å². The van der Waals surface area contributed by atoms with Crippen molar-refractivity contribution in [1.82, 2.24) is 4.98 Å². The fourth-order valence-electron chi connectivity index (χ4n) is 2.10. The lowest BCUT2D eigenvalue weighted by molar-refractivity contribution is -0.113. The van der Waals surface area contributed by atoms with Crippen LogP contribution in [0.25, 0.3) is 10.9 Å². The number of amides is 1. The molecule has 22 heavy (non-hydrogen) atoms. The van der Waals surface area contributed by atoms with E-state index in [0.29, 0.717) is 5.75 Å². The van der Waals surface area contributed by atoms with Crippen LogP contribution in [0.4, 0.5) is 5.69 Å². The van der Waals surface area contributed by atoms with Crippen LogP contribution in [0.2, 0.25) is 0 Å². The normalized spacial score (nSPS) is 10.6. The average molecular weight is 373 g/mol. The number of halogens is 1. The number of carbonyl (C=O) groups is 1. The standard InChI is InChI=1S/C17H13BrN2OS/c18-13-6-2-7-14(10-13)20-16(21)11-22-15-8-1-4-12-5-3-9-19-17(12)15/h1-10H,11H2,(H,20,21). The Morgan fingerprint density at radius 1 is 1.14 bits per heavy atom. The minimum absolute atomic E-state index is 0.0314. The van der Waals surface area contributed by atoms with E-state index in [9.17, 15) is 4.79 Å². The van der Waals surface area contributed by atoms with Crippen LogP contribution >= 0.6 is 27.7 Å². The molecule has 0 saturated heterocycles. The van der Waals surface area contributed by atoms with Gasteiger partial charge in [0, 0.05) is 26.6 Å². The number of benzene rings is 2. The summed E-state index contributed by atoms with van der Waals surface area (Å²) < 4.78 is 0.941. The molecule has 0 aliphatic rings. The molecule has 3 rings (SSSR count). The zero-order chi connectivity index (χ0) is 15.4. The average Bonchev–Trinajstić information content (AvgIpc) is 2.53. The van der Waals surface area contributed by atoms with Crippen molar-refractivity contribution in [2.45, 2.75) is 4.90 Å². The Balaban J connectivity index is 1.68. The summed E-state index contributed by atoms with van der Waals surface area (Å²) >= 11 is 4.89. The second-order valence-corrected chi connectivity index (χ2v) is 6.61. The second kappa shape index (κ2) is 6.94. The fraction of sp³-hybridized carbons (Fsp3) is 0.0588. The summed E-state index contributed by atoms with van der Waals surface area (Å²) in [6, 6.07) is 17.5. The molecule has 0 unspecified atom stereocenters. The topological polar surface area (TPSA) is 42.0 Å². The van der Waals surface area contributed by atoms with Crippen LogP contribution < -0.4 is 5.32 Å². The van der Waals surface area contributed by atoms with Crippen LogP contribution in [0.5, 0.6) is 0 Å². The molecule has 1 heterocycles. The number of para-hydroxylation sites is 1. The number of rotatable bonds is 4. The van der Waals surface area contributed by atoms with Crippen molar-refractivity contribution in [1.29, 1.82) is 0 Å². The Bertz CT molecular complexity index is 817. The van der Waals surface area contributed by atoms with E-state index < -0.39 is 0 Å². The minimum Gasteiger partial charge on any atom is -0.325 e. The van der Waals surface area contributed by atoms with Gasteiger partial charge in [-0.3, -0.25) is 9.78 Å². The molecule has 0 aliphatic carbocycles. The molecule has 0 aliphatic heterocycles. The predicted molar refractivity (Wildman–Crippen MR) is 95.2 cm³/mol. The number of hydrogen-bond acceptors (Lipinski definition) is 3. The molecule has 1 N–H and O–H groups in total. The van der Waals surface area contributed by atoms with E-state index in [1.165, 1.54) is 11.8 Å². The van der Waals surface area contributed by atoms with Crippen LogP contribution in [-0.2, 0) is 4.79 Å². The van der Waals surface area contributed by atoms with Crippen molar-refractivity contribution < 1.29 is 4.79 Å². The molecule has 1 amide bonds. The second-order valence-electron chi connectivity index (χ2n) is 4.68. The molecule has 3 nitrogen and oxygen atoms in total. The van der Waals surface area contributed by atoms with Gasteiger partial charge >= 0.3 is 0 Å². The largest absolute Gasteiger partial charge is 0.325 e. The molecule has 0 radical (unpaired) electrons. The number of aromatic nitrogens is 1. The molecular weight excluding hydrogens is 360 g/mol. The van der Waals surface area contributed by atoms with Gasteiger partial charge in [0.2, 0.25) is 5.91 Å². The monoisotopic (exact) mass is 372 g/mol. The summed E-state index contributed by atoms with van der Waals surface area (Å²) in [5.74, 6) is 0.318. The number of hydrogen-bond donors (Lipinski definition) is 1. The summed E-state index contributed by atoms with van der Waals surface area (Å²) in [6.07, 6.45) is 1.77. The van der Waals surface area contributed by atoms with Crippen LogP contribution in [-0.4, -0.2) is 16.6 Å². The molecule has 2 aromatic carbocycles. The summed E-state index contributed by atoms with van der Waals surface area (Å²) in [4.78, 5) is 17.5. The first kappa shape index (κ1) is 15.1. The zero-order valence-corrected chi connectivity index (χ0v) is 14.0. The van der Waals surface area contributed by atoms with E-state index in [4.69, 9.17) is 0 Å². The number of carbonyl (C=O) groups excluding carboxylic acids is 1. The van der Waals surface area contributed by atoms with Crippen LogP contribution in [0, 0.1) is 0 Å². The number of nitrogens with zero attached hydrogens (tertiary/aromatic N) is 1. The SMILES string of the molecule is O=C(CSc1cccc2cccnc12)Nc1cccc(Br)c1. The molecule has 0 atom stereocenters. The van der Waals surface area contributed by atoms with E-state index in [-0.39, 0.29) is 5.91 Å². The molecular formula is C17H13BrN2OS. The lowest BCUT2D eigenvalue weighted by atomic mass is 10.2. The van der Waals surface area contributed by atoms with Gasteiger partial charge in [-0.25, -0.2) is 0 Å². The van der Waals surface area contributed by atoms with Crippen molar-refractivity contribution in [3.8, 4) is 0 Å². The van der Waals surface area contributed by atoms with Crippen molar-refractivity contribution in [3.63, 3.8) is 0 Å². The summed E-state index contributed by atoms with van der Waals surface area (Å²) in [5, 5.41) is 3.97. The Labute approximate surface area is 141 Å². The molecule has 0 saturated carbocycles. The number of thioether (sulfide) groups is 1. The van der Waals surface area contributed by atoms with Crippen molar-refractivity contribution in [3.05, 3.63) is 65.3 Å². The van der Waals surface area contributed by atoms with Crippen molar-refractivity contribution in [2.75, 3.05) is 11.1 Å². The highest BCUT2D eigenvalue weighted by molar-refractivity contribution is 9.10. The highest BCUT2D eigenvalue weighted by Crippen LogP contribution is 2.26. The van der Waals surface area contributed by atoms with Gasteiger partial charge in [0.1, 0.15) is 0 Å². The van der Waals surface area contributed by atoms with Crippen LogP contribution in [0.1, 0.15) is 0 Å². The Morgan fingerprint density at radius 2 is 1.95 bits per heavy atom. The maximum absolute atomic E-state index is 12.1. The Kier molecular flexibility index (Phi) is 4.75. The van der Waals surface area contributed by atoms with Gasteiger partial charge in [0.25, 0.3) is 0 Å². The number of fused-ring (bicyclic) bond motifs is 1. The summed E-state index contributed by atoms with van der Waals surface area (Å²) in [5.41, 5.74) is 1.72. The van der Waals surface area contributed by atoms with E-state index in [1.807, 2.05) is 54.6 Å². The van der Waals surface area contributed by atoms with Gasteiger partial charge in [-0.15, -0.1) is 11.8 Å². The van der Waals surface area contributed by atoms with Gasteiger partial charge in [0.15, 0.2) is 0 Å². The predicted octanol–water partition coefficient (Wildman–Crippen LogP) is 4.73. The van der Waals surface area contributed by atoms with Gasteiger partial charge < -0.3 is 5.32 Å². The van der Waals surface area contributed by atoms with Crippen molar-refractivity contribution >= 4 is 50.2 Å². The Morgan fingerprint density at radius 3 is 2.82 bits per heavy atom. The lowest BCUT2D eigenvalue weighted by Crippen LogP contribution is -2.13. The molecule has 5 heteroatoms. The van der Waals surface area contributed by atoms with Crippen molar-refractivity contribution in [2.24, 2.45) is 0 Å². The first-order valence-corrected chi connectivity index (χ1v) is 8.52. The quantitative estimate of drug-likeness (QED) is 0.673. The third-order valence-corrected chi connectivity index (χ3v) is 4.60. The van der Waals surface area contributed by atoms with Crippen LogP contribution in [0.15, 0.2) is 70.2 Å².